The van der Waals surface area contributed by atoms with E-state index in [-0.39, 0.29) is 17.8 Å². The molecule has 1 aromatic rings. The monoisotopic (exact) mass is 416 g/mol. The molecular formula is C16H21IN2O3. The molecule has 0 spiro atoms. The van der Waals surface area contributed by atoms with E-state index in [2.05, 4.69) is 27.9 Å². The molecule has 5 nitrogen and oxygen atoms in total. The van der Waals surface area contributed by atoms with Crippen molar-refractivity contribution in [3.8, 4) is 0 Å². The van der Waals surface area contributed by atoms with Gasteiger partial charge in [-0.05, 0) is 61.0 Å². The number of para-hydroxylation sites is 1. The lowest BCUT2D eigenvalue weighted by Crippen LogP contribution is -2.43. The molecule has 0 aliphatic carbocycles. The quantitative estimate of drug-likeness (QED) is 0.592. The fourth-order valence-electron chi connectivity index (χ4n) is 2.61. The number of likely N-dealkylation sites (tertiary alicyclic amines) is 1. The third-order valence-corrected chi connectivity index (χ3v) is 4.58. The van der Waals surface area contributed by atoms with Gasteiger partial charge in [-0.3, -0.25) is 14.5 Å². The van der Waals surface area contributed by atoms with E-state index in [1.165, 1.54) is 0 Å². The zero-order valence-corrected chi connectivity index (χ0v) is 14.8. The van der Waals surface area contributed by atoms with Crippen LogP contribution in [0.5, 0.6) is 0 Å². The zero-order chi connectivity index (χ0) is 15.9. The lowest BCUT2D eigenvalue weighted by Gasteiger charge is -2.30. The first-order valence-corrected chi connectivity index (χ1v) is 8.61. The molecule has 1 aliphatic heterocycles. The van der Waals surface area contributed by atoms with E-state index in [9.17, 15) is 9.59 Å². The van der Waals surface area contributed by atoms with Gasteiger partial charge in [0.1, 0.15) is 0 Å². The topological polar surface area (TPSA) is 58.6 Å². The summed E-state index contributed by atoms with van der Waals surface area (Å²) < 4.78 is 6.09. The number of esters is 1. The minimum atomic E-state index is -0.148. The number of nitrogens with zero attached hydrogens (tertiary/aromatic N) is 1. The lowest BCUT2D eigenvalue weighted by atomic mass is 9.98. The van der Waals surface area contributed by atoms with E-state index in [1.54, 1.807) is 0 Å². The molecule has 0 radical (unpaired) electrons. The van der Waals surface area contributed by atoms with Crippen molar-refractivity contribution in [3.63, 3.8) is 0 Å². The number of amides is 1. The summed E-state index contributed by atoms with van der Waals surface area (Å²) in [5.74, 6) is -0.308. The Morgan fingerprint density at radius 2 is 2.18 bits per heavy atom. The van der Waals surface area contributed by atoms with Crippen molar-refractivity contribution in [2.45, 2.75) is 19.8 Å². The molecule has 1 amide bonds. The summed E-state index contributed by atoms with van der Waals surface area (Å²) in [6.07, 6.45) is 1.76. The number of carbonyl (C=O) groups excluding carboxylic acids is 2. The molecule has 0 saturated carbocycles. The number of carbonyl (C=O) groups is 2. The molecule has 1 fully saturated rings. The maximum absolute atomic E-state index is 12.2. The average Bonchev–Trinajstić information content (AvgIpc) is 2.50. The Hall–Kier alpha value is -1.15. The first-order chi connectivity index (χ1) is 10.6. The van der Waals surface area contributed by atoms with Gasteiger partial charge < -0.3 is 10.1 Å². The van der Waals surface area contributed by atoms with Crippen molar-refractivity contribution in [1.29, 1.82) is 0 Å². The van der Waals surface area contributed by atoms with Crippen LogP contribution in [0, 0.1) is 9.49 Å². The zero-order valence-electron chi connectivity index (χ0n) is 12.7. The average molecular weight is 416 g/mol. The second kappa shape index (κ2) is 8.47. The van der Waals surface area contributed by atoms with Crippen molar-refractivity contribution in [1.82, 2.24) is 4.90 Å². The van der Waals surface area contributed by atoms with Crippen molar-refractivity contribution in [3.05, 3.63) is 27.8 Å². The van der Waals surface area contributed by atoms with E-state index < -0.39 is 0 Å². The molecule has 1 unspecified atom stereocenters. The first-order valence-electron chi connectivity index (χ1n) is 7.53. The van der Waals surface area contributed by atoms with E-state index >= 15 is 0 Å². The molecule has 2 rings (SSSR count). The molecule has 0 aromatic heterocycles. The number of anilines is 1. The first kappa shape index (κ1) is 17.2. The van der Waals surface area contributed by atoms with Gasteiger partial charge >= 0.3 is 5.97 Å². The number of ether oxygens (including phenoxy) is 1. The standard InChI is InChI=1S/C16H21IN2O3/c1-2-22-16(21)12-6-5-9-19(10-12)11-15(20)18-14-8-4-3-7-13(14)17/h3-4,7-8,12H,2,5-6,9-11H2,1H3,(H,18,20). The van der Waals surface area contributed by atoms with Crippen LogP contribution in [0.2, 0.25) is 0 Å². The van der Waals surface area contributed by atoms with Gasteiger partial charge in [-0.2, -0.15) is 0 Å². The highest BCUT2D eigenvalue weighted by Gasteiger charge is 2.27. The number of hydrogen-bond donors (Lipinski definition) is 1. The van der Waals surface area contributed by atoms with E-state index in [0.717, 1.165) is 28.6 Å². The second-order valence-electron chi connectivity index (χ2n) is 5.35. The molecule has 1 aromatic carbocycles. The third kappa shape index (κ3) is 4.95. The summed E-state index contributed by atoms with van der Waals surface area (Å²) in [5, 5.41) is 2.92. The van der Waals surface area contributed by atoms with Crippen molar-refractivity contribution >= 4 is 40.2 Å². The second-order valence-corrected chi connectivity index (χ2v) is 6.52. The minimum Gasteiger partial charge on any atom is -0.466 e. The highest BCUT2D eigenvalue weighted by molar-refractivity contribution is 14.1. The molecule has 1 saturated heterocycles. The molecule has 1 atom stereocenters. The van der Waals surface area contributed by atoms with Crippen LogP contribution in [0.1, 0.15) is 19.8 Å². The van der Waals surface area contributed by atoms with Gasteiger partial charge in [0.05, 0.1) is 24.8 Å². The Morgan fingerprint density at radius 3 is 2.91 bits per heavy atom. The van der Waals surface area contributed by atoms with Gasteiger partial charge in [0.15, 0.2) is 0 Å². The number of piperidine rings is 1. The van der Waals surface area contributed by atoms with Crippen LogP contribution in [0.15, 0.2) is 24.3 Å². The highest BCUT2D eigenvalue weighted by Crippen LogP contribution is 2.19. The predicted octanol–water partition coefficient (Wildman–Crippen LogP) is 2.50. The van der Waals surface area contributed by atoms with Crippen LogP contribution < -0.4 is 5.32 Å². The summed E-state index contributed by atoms with van der Waals surface area (Å²) in [6.45, 7) is 3.96. The maximum Gasteiger partial charge on any atom is 0.310 e. The number of benzene rings is 1. The molecule has 1 aliphatic rings. The fourth-order valence-corrected chi connectivity index (χ4v) is 3.13. The van der Waals surface area contributed by atoms with Crippen LogP contribution in [-0.2, 0) is 14.3 Å². The number of rotatable bonds is 5. The summed E-state index contributed by atoms with van der Waals surface area (Å²) >= 11 is 2.20. The smallest absolute Gasteiger partial charge is 0.310 e. The molecule has 1 N–H and O–H groups in total. The van der Waals surface area contributed by atoms with Crippen LogP contribution in [0.4, 0.5) is 5.69 Å². The minimum absolute atomic E-state index is 0.0476. The Kier molecular flexibility index (Phi) is 6.63. The highest BCUT2D eigenvalue weighted by atomic mass is 127. The Morgan fingerprint density at radius 1 is 1.41 bits per heavy atom. The number of hydrogen-bond acceptors (Lipinski definition) is 4. The Labute approximate surface area is 144 Å². The van der Waals surface area contributed by atoms with Crippen molar-refractivity contribution in [2.24, 2.45) is 5.92 Å². The van der Waals surface area contributed by atoms with E-state index in [1.807, 2.05) is 36.1 Å². The van der Waals surface area contributed by atoms with Gasteiger partial charge in [-0.25, -0.2) is 0 Å². The van der Waals surface area contributed by atoms with Gasteiger partial charge in [0, 0.05) is 10.1 Å². The van der Waals surface area contributed by atoms with Crippen LogP contribution in [0.3, 0.4) is 0 Å². The molecule has 6 heteroatoms. The van der Waals surface area contributed by atoms with Crippen LogP contribution >= 0.6 is 22.6 Å². The summed E-state index contributed by atoms with van der Waals surface area (Å²) in [6, 6.07) is 7.67. The summed E-state index contributed by atoms with van der Waals surface area (Å²) in [4.78, 5) is 26.0. The lowest BCUT2D eigenvalue weighted by molar-refractivity contribution is -0.150. The maximum atomic E-state index is 12.2. The van der Waals surface area contributed by atoms with Gasteiger partial charge in [0.2, 0.25) is 5.91 Å². The van der Waals surface area contributed by atoms with E-state index in [0.29, 0.717) is 19.7 Å². The summed E-state index contributed by atoms with van der Waals surface area (Å²) in [5.41, 5.74) is 0.826. The summed E-state index contributed by atoms with van der Waals surface area (Å²) in [7, 11) is 0. The van der Waals surface area contributed by atoms with Gasteiger partial charge in [0.25, 0.3) is 0 Å². The van der Waals surface area contributed by atoms with Crippen LogP contribution in [-0.4, -0.2) is 43.0 Å². The Balaban J connectivity index is 1.86. The van der Waals surface area contributed by atoms with E-state index in [4.69, 9.17) is 4.74 Å². The van der Waals surface area contributed by atoms with Gasteiger partial charge in [-0.15, -0.1) is 0 Å². The SMILES string of the molecule is CCOC(=O)C1CCCN(CC(=O)Nc2ccccc2I)C1. The molecule has 22 heavy (non-hydrogen) atoms. The molecule has 1 heterocycles. The molecular weight excluding hydrogens is 395 g/mol. The van der Waals surface area contributed by atoms with Crippen molar-refractivity contribution < 1.29 is 14.3 Å². The third-order valence-electron chi connectivity index (χ3n) is 3.64. The Bertz CT molecular complexity index is 536. The normalized spacial score (nSPS) is 18.7. The largest absolute Gasteiger partial charge is 0.466 e. The fraction of sp³-hybridized carbons (Fsp3) is 0.500. The van der Waals surface area contributed by atoms with Crippen molar-refractivity contribution in [2.75, 3.05) is 31.6 Å². The van der Waals surface area contributed by atoms with Crippen LogP contribution in [0.25, 0.3) is 0 Å². The predicted molar refractivity (Wildman–Crippen MR) is 93.6 cm³/mol. The molecule has 0 bridgehead atoms. The molecule has 120 valence electrons. The number of nitrogens with one attached hydrogen (secondary N) is 1. The van der Waals surface area contributed by atoms with Gasteiger partial charge in [-0.1, -0.05) is 12.1 Å². The number of halogens is 1.